The third-order valence-corrected chi connectivity index (χ3v) is 10.5. The molecule has 0 spiro atoms. The number of hydrogen-bond donors (Lipinski definition) is 0. The van der Waals surface area contributed by atoms with Crippen LogP contribution in [0.5, 0.6) is 0 Å². The van der Waals surface area contributed by atoms with Crippen LogP contribution < -0.4 is 0 Å². The summed E-state index contributed by atoms with van der Waals surface area (Å²) in [6, 6.07) is 21.9. The standard InChI is InChI=1S/C26H29ClN2O4S2/c1-21-9-7-8-18-29(21)35(32,33)25-16-14-24(15-17-25)34(30,31)28(19-22-10-3-2-4-11-22)20-23-12-5-6-13-26(23)27/h2-6,10-17,21H,7-9,18-20H2,1H3/t21-/m1/s1. The molecule has 1 aliphatic rings. The van der Waals surface area contributed by atoms with Crippen LogP contribution in [0.15, 0.2) is 88.7 Å². The second-order valence-electron chi connectivity index (χ2n) is 8.78. The predicted molar refractivity (Wildman–Crippen MR) is 138 cm³/mol. The third-order valence-electron chi connectivity index (χ3n) is 6.32. The van der Waals surface area contributed by atoms with Crippen molar-refractivity contribution < 1.29 is 16.8 Å². The Bertz CT molecular complexity index is 1360. The zero-order chi connectivity index (χ0) is 25.1. The Labute approximate surface area is 213 Å². The van der Waals surface area contributed by atoms with Gasteiger partial charge in [0, 0.05) is 30.7 Å². The van der Waals surface area contributed by atoms with E-state index in [9.17, 15) is 16.8 Å². The predicted octanol–water partition coefficient (Wildman–Crippen LogP) is 5.29. The van der Waals surface area contributed by atoms with Crippen LogP contribution in [0.25, 0.3) is 0 Å². The first-order valence-corrected chi connectivity index (χ1v) is 14.8. The number of hydrogen-bond acceptors (Lipinski definition) is 4. The Morgan fingerprint density at radius 3 is 2.11 bits per heavy atom. The van der Waals surface area contributed by atoms with Gasteiger partial charge in [0.2, 0.25) is 20.0 Å². The van der Waals surface area contributed by atoms with Crippen molar-refractivity contribution in [3.05, 3.63) is 95.0 Å². The topological polar surface area (TPSA) is 74.8 Å². The Kier molecular flexibility index (Phi) is 7.98. The van der Waals surface area contributed by atoms with E-state index in [1.54, 1.807) is 18.2 Å². The first kappa shape index (κ1) is 25.9. The lowest BCUT2D eigenvalue weighted by Crippen LogP contribution is -2.41. The molecule has 0 unspecified atom stereocenters. The molecule has 1 saturated heterocycles. The first-order valence-electron chi connectivity index (χ1n) is 11.6. The van der Waals surface area contributed by atoms with Gasteiger partial charge in [-0.05, 0) is 61.2 Å². The third kappa shape index (κ3) is 5.78. The van der Waals surface area contributed by atoms with Gasteiger partial charge in [0.15, 0.2) is 0 Å². The molecule has 186 valence electrons. The molecule has 0 radical (unpaired) electrons. The summed E-state index contributed by atoms with van der Waals surface area (Å²) in [5, 5.41) is 0.484. The van der Waals surface area contributed by atoms with Gasteiger partial charge in [-0.15, -0.1) is 0 Å². The molecular weight excluding hydrogens is 504 g/mol. The smallest absolute Gasteiger partial charge is 0.207 e. The first-order chi connectivity index (χ1) is 16.7. The molecule has 0 aromatic heterocycles. The lowest BCUT2D eigenvalue weighted by Gasteiger charge is -2.32. The van der Waals surface area contributed by atoms with Crippen molar-refractivity contribution in [1.82, 2.24) is 8.61 Å². The minimum absolute atomic E-state index is 0.0335. The summed E-state index contributed by atoms with van der Waals surface area (Å²) in [7, 11) is -7.63. The van der Waals surface area contributed by atoms with Crippen LogP contribution in [0, 0.1) is 0 Å². The second-order valence-corrected chi connectivity index (χ2v) is 13.0. The fraction of sp³-hybridized carbons (Fsp3) is 0.308. The van der Waals surface area contributed by atoms with Gasteiger partial charge >= 0.3 is 0 Å². The largest absolute Gasteiger partial charge is 0.243 e. The lowest BCUT2D eigenvalue weighted by molar-refractivity contribution is 0.268. The maximum Gasteiger partial charge on any atom is 0.243 e. The van der Waals surface area contributed by atoms with Crippen molar-refractivity contribution >= 4 is 31.6 Å². The monoisotopic (exact) mass is 532 g/mol. The molecule has 0 N–H and O–H groups in total. The van der Waals surface area contributed by atoms with Gasteiger partial charge in [-0.25, -0.2) is 16.8 Å². The number of sulfonamides is 2. The Morgan fingerprint density at radius 2 is 1.46 bits per heavy atom. The van der Waals surface area contributed by atoms with Gasteiger partial charge in [0.1, 0.15) is 0 Å². The molecule has 0 saturated carbocycles. The van der Waals surface area contributed by atoms with Crippen LogP contribution >= 0.6 is 11.6 Å². The maximum absolute atomic E-state index is 13.7. The Morgan fingerprint density at radius 1 is 0.829 bits per heavy atom. The summed E-state index contributed by atoms with van der Waals surface area (Å²) in [6.45, 7) is 2.62. The van der Waals surface area contributed by atoms with Crippen molar-refractivity contribution in [1.29, 1.82) is 0 Å². The van der Waals surface area contributed by atoms with Crippen molar-refractivity contribution in [2.45, 2.75) is 55.1 Å². The van der Waals surface area contributed by atoms with Crippen LogP contribution in [0.4, 0.5) is 0 Å². The van der Waals surface area contributed by atoms with Crippen LogP contribution in [-0.4, -0.2) is 38.0 Å². The van der Waals surface area contributed by atoms with E-state index in [0.717, 1.165) is 24.8 Å². The summed E-state index contributed by atoms with van der Waals surface area (Å²) in [5.41, 5.74) is 1.52. The van der Waals surface area contributed by atoms with E-state index in [1.807, 2.05) is 43.3 Å². The van der Waals surface area contributed by atoms with Crippen molar-refractivity contribution in [3.8, 4) is 0 Å². The molecule has 9 heteroatoms. The molecule has 3 aromatic rings. The highest BCUT2D eigenvalue weighted by Gasteiger charge is 2.32. The van der Waals surface area contributed by atoms with E-state index < -0.39 is 20.0 Å². The molecule has 4 rings (SSSR count). The minimum atomic E-state index is -3.95. The van der Waals surface area contributed by atoms with Gasteiger partial charge in [-0.2, -0.15) is 8.61 Å². The molecule has 1 atom stereocenters. The fourth-order valence-corrected chi connectivity index (χ4v) is 7.63. The van der Waals surface area contributed by atoms with E-state index in [-0.39, 0.29) is 28.9 Å². The number of piperidine rings is 1. The van der Waals surface area contributed by atoms with Gasteiger partial charge in [-0.1, -0.05) is 66.6 Å². The molecular formula is C26H29ClN2O4S2. The van der Waals surface area contributed by atoms with E-state index >= 15 is 0 Å². The molecule has 1 aliphatic heterocycles. The lowest BCUT2D eigenvalue weighted by atomic mass is 10.1. The summed E-state index contributed by atoms with van der Waals surface area (Å²) in [5.74, 6) is 0. The molecule has 0 amide bonds. The van der Waals surface area contributed by atoms with Crippen molar-refractivity contribution in [2.24, 2.45) is 0 Å². The average molecular weight is 533 g/mol. The average Bonchev–Trinajstić information content (AvgIpc) is 2.86. The zero-order valence-electron chi connectivity index (χ0n) is 19.5. The maximum atomic E-state index is 13.7. The number of nitrogens with zero attached hydrogens (tertiary/aromatic N) is 2. The highest BCUT2D eigenvalue weighted by Crippen LogP contribution is 2.28. The Balaban J connectivity index is 1.65. The second kappa shape index (κ2) is 10.8. The fourth-order valence-electron chi connectivity index (χ4n) is 4.33. The van der Waals surface area contributed by atoms with Crippen LogP contribution in [0.1, 0.15) is 37.3 Å². The SMILES string of the molecule is C[C@@H]1CCCCN1S(=O)(=O)c1ccc(S(=O)(=O)N(Cc2ccccc2)Cc2ccccc2Cl)cc1. The highest BCUT2D eigenvalue weighted by molar-refractivity contribution is 7.89. The van der Waals surface area contributed by atoms with Crippen molar-refractivity contribution in [3.63, 3.8) is 0 Å². The summed E-state index contributed by atoms with van der Waals surface area (Å²) < 4.78 is 56.6. The van der Waals surface area contributed by atoms with Crippen LogP contribution in [0.2, 0.25) is 5.02 Å². The molecule has 0 aliphatic carbocycles. The molecule has 35 heavy (non-hydrogen) atoms. The van der Waals surface area contributed by atoms with Crippen molar-refractivity contribution in [2.75, 3.05) is 6.54 Å². The van der Waals surface area contributed by atoms with Crippen LogP contribution in [-0.2, 0) is 33.1 Å². The quantitative estimate of drug-likeness (QED) is 0.395. The summed E-state index contributed by atoms with van der Waals surface area (Å²) in [4.78, 5) is 0.136. The number of benzene rings is 3. The number of halogens is 1. The Hall–Kier alpha value is -2.23. The highest BCUT2D eigenvalue weighted by atomic mass is 35.5. The normalized spacial score (nSPS) is 17.5. The number of rotatable bonds is 8. The minimum Gasteiger partial charge on any atom is -0.207 e. The summed E-state index contributed by atoms with van der Waals surface area (Å²) >= 11 is 6.33. The van der Waals surface area contributed by atoms with Gasteiger partial charge in [0.25, 0.3) is 0 Å². The molecule has 3 aromatic carbocycles. The molecule has 1 fully saturated rings. The molecule has 6 nitrogen and oxygen atoms in total. The molecule has 1 heterocycles. The zero-order valence-corrected chi connectivity index (χ0v) is 21.9. The van der Waals surface area contributed by atoms with Gasteiger partial charge in [0.05, 0.1) is 9.79 Å². The molecule has 0 bridgehead atoms. The van der Waals surface area contributed by atoms with E-state index in [0.29, 0.717) is 17.1 Å². The van der Waals surface area contributed by atoms with E-state index in [1.165, 1.54) is 32.9 Å². The van der Waals surface area contributed by atoms with Gasteiger partial charge in [-0.3, -0.25) is 0 Å². The van der Waals surface area contributed by atoms with E-state index in [4.69, 9.17) is 11.6 Å². The van der Waals surface area contributed by atoms with Crippen LogP contribution in [0.3, 0.4) is 0 Å². The van der Waals surface area contributed by atoms with E-state index in [2.05, 4.69) is 0 Å². The summed E-state index contributed by atoms with van der Waals surface area (Å²) in [6.07, 6.45) is 2.65. The van der Waals surface area contributed by atoms with Gasteiger partial charge < -0.3 is 0 Å².